The Morgan fingerprint density at radius 3 is 2.95 bits per heavy atom. The number of aryl methyl sites for hydroxylation is 1. The van der Waals surface area contributed by atoms with Gasteiger partial charge in [0.1, 0.15) is 0 Å². The summed E-state index contributed by atoms with van der Waals surface area (Å²) in [5, 5.41) is 9.03. The SMILES string of the molecule is COCCn1cc(C)c(Cc2cnn(C3CC3)c2)n1. The van der Waals surface area contributed by atoms with Gasteiger partial charge in [-0.1, -0.05) is 0 Å². The molecule has 0 spiro atoms. The molecular formula is C14H20N4O. The van der Waals surface area contributed by atoms with Gasteiger partial charge in [0.2, 0.25) is 0 Å². The highest BCUT2D eigenvalue weighted by molar-refractivity contribution is 5.22. The van der Waals surface area contributed by atoms with Crippen LogP contribution in [0.25, 0.3) is 0 Å². The fourth-order valence-corrected chi connectivity index (χ4v) is 2.24. The molecule has 0 radical (unpaired) electrons. The molecule has 5 heteroatoms. The maximum atomic E-state index is 5.08. The fraction of sp³-hybridized carbons (Fsp3) is 0.571. The van der Waals surface area contributed by atoms with Crippen LogP contribution in [0, 0.1) is 6.92 Å². The summed E-state index contributed by atoms with van der Waals surface area (Å²) in [7, 11) is 1.71. The van der Waals surface area contributed by atoms with Crippen LogP contribution < -0.4 is 0 Å². The summed E-state index contributed by atoms with van der Waals surface area (Å²) in [4.78, 5) is 0. The smallest absolute Gasteiger partial charge is 0.0698 e. The first-order valence-corrected chi connectivity index (χ1v) is 6.81. The van der Waals surface area contributed by atoms with Crippen LogP contribution in [0.4, 0.5) is 0 Å². The molecule has 0 aromatic carbocycles. The van der Waals surface area contributed by atoms with Gasteiger partial charge in [-0.3, -0.25) is 9.36 Å². The molecule has 3 rings (SSSR count). The van der Waals surface area contributed by atoms with E-state index in [9.17, 15) is 0 Å². The van der Waals surface area contributed by atoms with Crippen LogP contribution >= 0.6 is 0 Å². The third kappa shape index (κ3) is 2.87. The number of aromatic nitrogens is 4. The van der Waals surface area contributed by atoms with Crippen LogP contribution in [-0.4, -0.2) is 33.3 Å². The zero-order valence-electron chi connectivity index (χ0n) is 11.5. The van der Waals surface area contributed by atoms with E-state index in [1.165, 1.54) is 24.0 Å². The number of hydrogen-bond donors (Lipinski definition) is 0. The van der Waals surface area contributed by atoms with Gasteiger partial charge in [0, 0.05) is 25.9 Å². The molecule has 0 saturated heterocycles. The maximum absolute atomic E-state index is 5.08. The summed E-state index contributed by atoms with van der Waals surface area (Å²) in [5.41, 5.74) is 3.61. The summed E-state index contributed by atoms with van der Waals surface area (Å²) < 4.78 is 9.12. The second-order valence-corrected chi connectivity index (χ2v) is 5.25. The van der Waals surface area contributed by atoms with Crippen molar-refractivity contribution in [3.8, 4) is 0 Å². The lowest BCUT2D eigenvalue weighted by molar-refractivity contribution is 0.183. The lowest BCUT2D eigenvalue weighted by Crippen LogP contribution is -2.05. The second-order valence-electron chi connectivity index (χ2n) is 5.25. The number of nitrogens with zero attached hydrogens (tertiary/aromatic N) is 4. The molecule has 1 aliphatic carbocycles. The molecule has 0 amide bonds. The van der Waals surface area contributed by atoms with E-state index in [1.807, 2.05) is 10.9 Å². The summed E-state index contributed by atoms with van der Waals surface area (Å²) in [6.07, 6.45) is 9.60. The van der Waals surface area contributed by atoms with E-state index in [1.54, 1.807) is 7.11 Å². The fourth-order valence-electron chi connectivity index (χ4n) is 2.24. The summed E-state index contributed by atoms with van der Waals surface area (Å²) in [6, 6.07) is 0.647. The van der Waals surface area contributed by atoms with E-state index >= 15 is 0 Å². The minimum absolute atomic E-state index is 0.647. The molecule has 1 fully saturated rings. The molecule has 2 heterocycles. The topological polar surface area (TPSA) is 44.9 Å². The maximum Gasteiger partial charge on any atom is 0.0698 e. The zero-order valence-corrected chi connectivity index (χ0v) is 11.5. The van der Waals surface area contributed by atoms with Gasteiger partial charge in [0.25, 0.3) is 0 Å². The Kier molecular flexibility index (Phi) is 3.38. The molecule has 0 N–H and O–H groups in total. The Hall–Kier alpha value is -1.62. The number of rotatable bonds is 6. The molecule has 0 atom stereocenters. The molecule has 0 aliphatic heterocycles. The van der Waals surface area contributed by atoms with Gasteiger partial charge in [0.05, 0.1) is 31.1 Å². The minimum atomic E-state index is 0.647. The van der Waals surface area contributed by atoms with E-state index in [-0.39, 0.29) is 0 Å². The van der Waals surface area contributed by atoms with Gasteiger partial charge in [0.15, 0.2) is 0 Å². The van der Waals surface area contributed by atoms with Gasteiger partial charge in [-0.2, -0.15) is 10.2 Å². The molecule has 1 saturated carbocycles. The van der Waals surface area contributed by atoms with Crippen LogP contribution in [0.2, 0.25) is 0 Å². The van der Waals surface area contributed by atoms with Crippen LogP contribution in [0.5, 0.6) is 0 Å². The van der Waals surface area contributed by atoms with Crippen molar-refractivity contribution in [3.05, 3.63) is 35.4 Å². The van der Waals surface area contributed by atoms with Crippen molar-refractivity contribution in [2.45, 2.75) is 38.8 Å². The van der Waals surface area contributed by atoms with Crippen molar-refractivity contribution in [1.29, 1.82) is 0 Å². The van der Waals surface area contributed by atoms with Crippen LogP contribution in [0.1, 0.15) is 35.7 Å². The summed E-state index contributed by atoms with van der Waals surface area (Å²) >= 11 is 0. The largest absolute Gasteiger partial charge is 0.383 e. The molecule has 0 unspecified atom stereocenters. The molecular weight excluding hydrogens is 240 g/mol. The average Bonchev–Trinajstić information content (AvgIpc) is 3.06. The lowest BCUT2D eigenvalue weighted by atomic mass is 10.1. The predicted octanol–water partition coefficient (Wildman–Crippen LogP) is 1.96. The van der Waals surface area contributed by atoms with Gasteiger partial charge in [-0.05, 0) is 30.9 Å². The van der Waals surface area contributed by atoms with E-state index < -0.39 is 0 Å². The van der Waals surface area contributed by atoms with Crippen LogP contribution in [0.15, 0.2) is 18.6 Å². The summed E-state index contributed by atoms with van der Waals surface area (Å²) in [6.45, 7) is 3.61. The summed E-state index contributed by atoms with van der Waals surface area (Å²) in [5.74, 6) is 0. The number of hydrogen-bond acceptors (Lipinski definition) is 3. The van der Waals surface area contributed by atoms with Crippen molar-refractivity contribution >= 4 is 0 Å². The predicted molar refractivity (Wildman–Crippen MR) is 72.1 cm³/mol. The van der Waals surface area contributed by atoms with E-state index in [0.29, 0.717) is 12.6 Å². The molecule has 0 bridgehead atoms. The van der Waals surface area contributed by atoms with E-state index in [4.69, 9.17) is 4.74 Å². The van der Waals surface area contributed by atoms with Gasteiger partial charge < -0.3 is 4.74 Å². The third-order valence-electron chi connectivity index (χ3n) is 3.52. The molecule has 1 aliphatic rings. The standard InChI is InChI=1S/C14H20N4O/c1-11-9-17(5-6-19-2)16-14(11)7-12-8-15-18(10-12)13-3-4-13/h8-10,13H,3-7H2,1-2H3. The molecule has 2 aromatic heterocycles. The first kappa shape index (κ1) is 12.4. The molecule has 19 heavy (non-hydrogen) atoms. The molecule has 2 aromatic rings. The van der Waals surface area contributed by atoms with Crippen molar-refractivity contribution in [3.63, 3.8) is 0 Å². The number of methoxy groups -OCH3 is 1. The monoisotopic (exact) mass is 260 g/mol. The lowest BCUT2D eigenvalue weighted by Gasteiger charge is -1.99. The highest BCUT2D eigenvalue weighted by Gasteiger charge is 2.24. The van der Waals surface area contributed by atoms with Gasteiger partial charge in [-0.15, -0.1) is 0 Å². The van der Waals surface area contributed by atoms with Crippen LogP contribution in [0.3, 0.4) is 0 Å². The highest BCUT2D eigenvalue weighted by atomic mass is 16.5. The first-order chi connectivity index (χ1) is 9.26. The Morgan fingerprint density at radius 2 is 2.21 bits per heavy atom. The van der Waals surface area contributed by atoms with E-state index in [0.717, 1.165) is 18.7 Å². The van der Waals surface area contributed by atoms with Crippen molar-refractivity contribution in [2.24, 2.45) is 0 Å². The average molecular weight is 260 g/mol. The zero-order chi connectivity index (χ0) is 13.2. The highest BCUT2D eigenvalue weighted by Crippen LogP contribution is 2.34. The van der Waals surface area contributed by atoms with Crippen molar-refractivity contribution < 1.29 is 4.74 Å². The Morgan fingerprint density at radius 1 is 1.37 bits per heavy atom. The van der Waals surface area contributed by atoms with Crippen molar-refractivity contribution in [2.75, 3.05) is 13.7 Å². The quantitative estimate of drug-likeness (QED) is 0.797. The van der Waals surface area contributed by atoms with E-state index in [2.05, 4.69) is 34.2 Å². The molecule has 102 valence electrons. The third-order valence-corrected chi connectivity index (χ3v) is 3.52. The van der Waals surface area contributed by atoms with Crippen LogP contribution in [-0.2, 0) is 17.7 Å². The second kappa shape index (κ2) is 5.17. The Balaban J connectivity index is 1.68. The Labute approximate surface area is 113 Å². The Bertz CT molecular complexity index is 554. The molecule has 5 nitrogen and oxygen atoms in total. The number of ether oxygens (including phenoxy) is 1. The van der Waals surface area contributed by atoms with Gasteiger partial charge in [-0.25, -0.2) is 0 Å². The van der Waals surface area contributed by atoms with Crippen molar-refractivity contribution in [1.82, 2.24) is 19.6 Å². The first-order valence-electron chi connectivity index (χ1n) is 6.81. The minimum Gasteiger partial charge on any atom is -0.383 e. The van der Waals surface area contributed by atoms with Gasteiger partial charge >= 0.3 is 0 Å². The normalized spacial score (nSPS) is 15.1.